The van der Waals surface area contributed by atoms with Gasteiger partial charge in [0, 0.05) is 11.6 Å². The molecule has 0 bridgehead atoms. The average molecular weight is 283 g/mol. The average Bonchev–Trinajstić information content (AvgIpc) is 2.49. The van der Waals surface area contributed by atoms with Crippen LogP contribution >= 0.6 is 0 Å². The summed E-state index contributed by atoms with van der Waals surface area (Å²) in [6.07, 6.45) is 6.48. The van der Waals surface area contributed by atoms with Crippen molar-refractivity contribution in [3.63, 3.8) is 0 Å². The van der Waals surface area contributed by atoms with Gasteiger partial charge in [0.25, 0.3) is 0 Å². The normalized spacial score (nSPS) is 14.3. The van der Waals surface area contributed by atoms with Crippen molar-refractivity contribution in [3.8, 4) is 17.6 Å². The summed E-state index contributed by atoms with van der Waals surface area (Å²) in [5, 5.41) is 19.7. The lowest BCUT2D eigenvalue weighted by Crippen LogP contribution is -2.35. The number of aromatic hydroxyl groups is 1. The van der Waals surface area contributed by atoms with E-state index >= 15 is 0 Å². The first-order valence-corrected chi connectivity index (χ1v) is 6.76. The lowest BCUT2D eigenvalue weighted by atomic mass is 10.0. The zero-order valence-corrected chi connectivity index (χ0v) is 12.2. The van der Waals surface area contributed by atoms with Gasteiger partial charge in [-0.2, -0.15) is 0 Å². The Balaban J connectivity index is 2.71. The van der Waals surface area contributed by atoms with Crippen LogP contribution in [0.3, 0.4) is 0 Å². The smallest absolute Gasteiger partial charge is 0.130 e. The van der Waals surface area contributed by atoms with Crippen LogP contribution in [0, 0.1) is 11.8 Å². The van der Waals surface area contributed by atoms with Crippen LogP contribution in [0.1, 0.15) is 12.5 Å². The zero-order chi connectivity index (χ0) is 15.7. The summed E-state index contributed by atoms with van der Waals surface area (Å²) < 4.78 is 0. The quantitative estimate of drug-likeness (QED) is 0.574. The van der Waals surface area contributed by atoms with Crippen molar-refractivity contribution in [2.45, 2.75) is 25.5 Å². The molecule has 0 aliphatic carbocycles. The molecular weight excluding hydrogens is 262 g/mol. The maximum absolute atomic E-state index is 9.99. The van der Waals surface area contributed by atoms with Gasteiger partial charge in [0.2, 0.25) is 0 Å². The Hall–Kier alpha value is -2.28. The molecule has 0 radical (unpaired) electrons. The molecule has 0 aliphatic rings. The van der Waals surface area contributed by atoms with Crippen molar-refractivity contribution in [2.75, 3.05) is 0 Å². The van der Waals surface area contributed by atoms with Crippen LogP contribution in [0.4, 0.5) is 0 Å². The third-order valence-electron chi connectivity index (χ3n) is 2.94. The van der Waals surface area contributed by atoms with E-state index in [2.05, 4.69) is 18.4 Å². The lowest BCUT2D eigenvalue weighted by Gasteiger charge is -2.14. The van der Waals surface area contributed by atoms with Crippen LogP contribution in [0.2, 0.25) is 0 Å². The summed E-state index contributed by atoms with van der Waals surface area (Å²) in [6.45, 7) is 5.46. The molecule has 3 nitrogen and oxygen atoms in total. The van der Waals surface area contributed by atoms with Gasteiger partial charge in [0.1, 0.15) is 11.9 Å². The molecule has 0 saturated heterocycles. The summed E-state index contributed by atoms with van der Waals surface area (Å²) in [7, 11) is 0. The number of phenols is 1. The van der Waals surface area contributed by atoms with Crippen molar-refractivity contribution < 1.29 is 10.2 Å². The minimum Gasteiger partial charge on any atom is -0.508 e. The summed E-state index contributed by atoms with van der Waals surface area (Å²) in [5.41, 5.74) is 7.41. The van der Waals surface area contributed by atoms with E-state index < -0.39 is 12.1 Å². The maximum Gasteiger partial charge on any atom is 0.130 e. The Labute approximate surface area is 126 Å². The molecule has 1 rings (SSSR count). The first-order chi connectivity index (χ1) is 10.1. The highest BCUT2D eigenvalue weighted by Gasteiger charge is 2.14. The summed E-state index contributed by atoms with van der Waals surface area (Å²) in [4.78, 5) is 0. The molecule has 1 aromatic rings. The van der Waals surface area contributed by atoms with Crippen molar-refractivity contribution in [2.24, 2.45) is 5.73 Å². The van der Waals surface area contributed by atoms with E-state index in [1.54, 1.807) is 36.4 Å². The third-order valence-corrected chi connectivity index (χ3v) is 2.94. The Kier molecular flexibility index (Phi) is 7.03. The molecule has 0 amide bonds. The molecule has 21 heavy (non-hydrogen) atoms. The maximum atomic E-state index is 9.99. The fourth-order valence-corrected chi connectivity index (χ4v) is 1.70. The lowest BCUT2D eigenvalue weighted by molar-refractivity contribution is 0.199. The highest BCUT2D eigenvalue weighted by Crippen LogP contribution is 2.17. The molecule has 0 spiro atoms. The first-order valence-electron chi connectivity index (χ1n) is 6.76. The molecule has 0 saturated carbocycles. The number of benzene rings is 1. The number of nitrogens with two attached hydrogens (primary N) is 1. The molecule has 4 N–H and O–H groups in total. The van der Waals surface area contributed by atoms with E-state index in [0.717, 1.165) is 5.57 Å². The number of aliphatic hydroxyl groups is 1. The van der Waals surface area contributed by atoms with Gasteiger partial charge in [0.15, 0.2) is 0 Å². The van der Waals surface area contributed by atoms with Crippen LogP contribution in [-0.4, -0.2) is 22.4 Å². The van der Waals surface area contributed by atoms with Crippen molar-refractivity contribution in [1.29, 1.82) is 0 Å². The second kappa shape index (κ2) is 8.80. The molecule has 2 atom stereocenters. The molecule has 3 heteroatoms. The summed E-state index contributed by atoms with van der Waals surface area (Å²) in [6, 6.07) is 6.37. The molecule has 0 aliphatic heterocycles. The van der Waals surface area contributed by atoms with Gasteiger partial charge < -0.3 is 15.9 Å². The summed E-state index contributed by atoms with van der Waals surface area (Å²) in [5.74, 6) is 5.77. The number of allylic oxidation sites excluding steroid dienone is 5. The van der Waals surface area contributed by atoms with Gasteiger partial charge in [-0.05, 0) is 31.1 Å². The number of rotatable bonds is 5. The van der Waals surface area contributed by atoms with Gasteiger partial charge in [-0.3, -0.25) is 0 Å². The standard InChI is InChI=1S/C18H21NO2/c1-3-5-8-14(4-2)11-12-18(21)16(19)13-15-9-6-7-10-17(15)20/h3-10,16,18,20-21H,1,13,19H2,2H3/b8-5-,14-4+. The molecule has 2 unspecified atom stereocenters. The minimum absolute atomic E-state index is 0.177. The van der Waals surface area contributed by atoms with Gasteiger partial charge >= 0.3 is 0 Å². The second-order valence-corrected chi connectivity index (χ2v) is 4.55. The highest BCUT2D eigenvalue weighted by atomic mass is 16.3. The first kappa shape index (κ1) is 16.8. The van der Waals surface area contributed by atoms with E-state index in [0.29, 0.717) is 12.0 Å². The van der Waals surface area contributed by atoms with Crippen LogP contribution in [0.15, 0.2) is 60.7 Å². The second-order valence-electron chi connectivity index (χ2n) is 4.55. The Bertz CT molecular complexity index is 591. The Morgan fingerprint density at radius 3 is 2.76 bits per heavy atom. The monoisotopic (exact) mass is 283 g/mol. The number of para-hydroxylation sites is 1. The fraction of sp³-hybridized carbons (Fsp3) is 0.222. The topological polar surface area (TPSA) is 66.5 Å². The number of hydrogen-bond acceptors (Lipinski definition) is 3. The predicted molar refractivity (Wildman–Crippen MR) is 86.7 cm³/mol. The minimum atomic E-state index is -0.961. The molecule has 1 aromatic carbocycles. The molecule has 0 heterocycles. The van der Waals surface area contributed by atoms with Crippen molar-refractivity contribution >= 4 is 0 Å². The molecular formula is C18H21NO2. The van der Waals surface area contributed by atoms with Gasteiger partial charge in [-0.25, -0.2) is 0 Å². The van der Waals surface area contributed by atoms with E-state index in [9.17, 15) is 10.2 Å². The SMILES string of the molecule is C=C/C=C\C(C#CC(O)C(N)Cc1ccccc1O)=C/C. The van der Waals surface area contributed by atoms with E-state index in [-0.39, 0.29) is 5.75 Å². The molecule has 110 valence electrons. The number of hydrogen-bond donors (Lipinski definition) is 3. The fourth-order valence-electron chi connectivity index (χ4n) is 1.70. The Morgan fingerprint density at radius 2 is 2.14 bits per heavy atom. The van der Waals surface area contributed by atoms with E-state index in [4.69, 9.17) is 5.73 Å². The summed E-state index contributed by atoms with van der Waals surface area (Å²) >= 11 is 0. The van der Waals surface area contributed by atoms with Gasteiger partial charge in [0.05, 0.1) is 0 Å². The predicted octanol–water partition coefficient (Wildman–Crippen LogP) is 2.31. The molecule has 0 fully saturated rings. The van der Waals surface area contributed by atoms with Crippen LogP contribution in [0.25, 0.3) is 0 Å². The number of aliphatic hydroxyl groups excluding tert-OH is 1. The third kappa shape index (κ3) is 5.70. The van der Waals surface area contributed by atoms with Crippen molar-refractivity contribution in [3.05, 3.63) is 66.3 Å². The van der Waals surface area contributed by atoms with Crippen LogP contribution in [-0.2, 0) is 6.42 Å². The molecule has 0 aromatic heterocycles. The van der Waals surface area contributed by atoms with Gasteiger partial charge in [-0.1, -0.05) is 54.8 Å². The van der Waals surface area contributed by atoms with Crippen LogP contribution in [0.5, 0.6) is 5.75 Å². The van der Waals surface area contributed by atoms with E-state index in [1.165, 1.54) is 0 Å². The largest absolute Gasteiger partial charge is 0.508 e. The number of phenolic OH excluding ortho intramolecular Hbond substituents is 1. The van der Waals surface area contributed by atoms with Crippen molar-refractivity contribution in [1.82, 2.24) is 0 Å². The van der Waals surface area contributed by atoms with Gasteiger partial charge in [-0.15, -0.1) is 0 Å². The Morgan fingerprint density at radius 1 is 1.43 bits per heavy atom. The highest BCUT2D eigenvalue weighted by molar-refractivity contribution is 5.40. The van der Waals surface area contributed by atoms with E-state index in [1.807, 2.05) is 19.1 Å². The zero-order valence-electron chi connectivity index (χ0n) is 12.2. The van der Waals surface area contributed by atoms with Crippen LogP contribution < -0.4 is 5.73 Å².